The van der Waals surface area contributed by atoms with E-state index in [-0.39, 0.29) is 12.4 Å². The SMILES string of the molecule is CCOc1c(Cl)cc(Cl)cc1CNCCC1=CCCCC1.Cl. The van der Waals surface area contributed by atoms with Gasteiger partial charge in [0.15, 0.2) is 0 Å². The van der Waals surface area contributed by atoms with E-state index in [0.29, 0.717) is 16.7 Å². The van der Waals surface area contributed by atoms with Crippen molar-refractivity contribution in [3.63, 3.8) is 0 Å². The lowest BCUT2D eigenvalue weighted by Crippen LogP contribution is -2.16. The molecule has 1 aliphatic carbocycles. The lowest BCUT2D eigenvalue weighted by molar-refractivity contribution is 0.335. The molecule has 0 bridgehead atoms. The summed E-state index contributed by atoms with van der Waals surface area (Å²) in [5.74, 6) is 0.743. The summed E-state index contributed by atoms with van der Waals surface area (Å²) in [5.41, 5.74) is 2.61. The van der Waals surface area contributed by atoms with Crippen LogP contribution in [0.15, 0.2) is 23.8 Å². The molecule has 1 aliphatic rings. The molecule has 0 atom stereocenters. The van der Waals surface area contributed by atoms with Crippen LogP contribution < -0.4 is 10.1 Å². The Morgan fingerprint density at radius 1 is 1.23 bits per heavy atom. The smallest absolute Gasteiger partial charge is 0.142 e. The van der Waals surface area contributed by atoms with Crippen LogP contribution in [0.1, 0.15) is 44.6 Å². The second-order valence-corrected chi connectivity index (χ2v) is 6.19. The number of nitrogens with one attached hydrogen (secondary N) is 1. The first-order valence-corrected chi connectivity index (χ1v) is 8.45. The highest BCUT2D eigenvalue weighted by Gasteiger charge is 2.10. The van der Waals surface area contributed by atoms with Crippen LogP contribution in [-0.2, 0) is 6.54 Å². The van der Waals surface area contributed by atoms with Crippen LogP contribution in [0.3, 0.4) is 0 Å². The van der Waals surface area contributed by atoms with Crippen molar-refractivity contribution in [2.75, 3.05) is 13.2 Å². The first kappa shape index (κ1) is 19.6. The highest BCUT2D eigenvalue weighted by Crippen LogP contribution is 2.32. The van der Waals surface area contributed by atoms with Gasteiger partial charge in [-0.2, -0.15) is 0 Å². The van der Waals surface area contributed by atoms with Gasteiger partial charge in [-0.3, -0.25) is 0 Å². The van der Waals surface area contributed by atoms with Crippen LogP contribution in [0, 0.1) is 0 Å². The van der Waals surface area contributed by atoms with Gasteiger partial charge >= 0.3 is 0 Å². The second kappa shape index (κ2) is 10.4. The molecule has 0 radical (unpaired) electrons. The Morgan fingerprint density at radius 2 is 2.05 bits per heavy atom. The zero-order valence-corrected chi connectivity index (χ0v) is 15.3. The first-order chi connectivity index (χ1) is 10.2. The summed E-state index contributed by atoms with van der Waals surface area (Å²) >= 11 is 12.3. The van der Waals surface area contributed by atoms with E-state index in [1.54, 1.807) is 11.6 Å². The molecule has 5 heteroatoms. The van der Waals surface area contributed by atoms with Crippen molar-refractivity contribution in [3.8, 4) is 5.75 Å². The molecule has 0 saturated heterocycles. The Bertz CT molecular complexity index is 503. The van der Waals surface area contributed by atoms with Gasteiger partial charge < -0.3 is 10.1 Å². The predicted octanol–water partition coefficient (Wildman–Crippen LogP) is 5.79. The van der Waals surface area contributed by atoms with Crippen LogP contribution in [0.2, 0.25) is 10.0 Å². The van der Waals surface area contributed by atoms with Crippen LogP contribution in [0.4, 0.5) is 0 Å². The quantitative estimate of drug-likeness (QED) is 0.488. The third-order valence-corrected chi connectivity index (χ3v) is 4.20. The van der Waals surface area contributed by atoms with Crippen LogP contribution in [-0.4, -0.2) is 13.2 Å². The van der Waals surface area contributed by atoms with E-state index >= 15 is 0 Å². The van der Waals surface area contributed by atoms with Gasteiger partial charge in [0.05, 0.1) is 11.6 Å². The molecule has 0 amide bonds. The lowest BCUT2D eigenvalue weighted by Gasteiger charge is -2.15. The predicted molar refractivity (Wildman–Crippen MR) is 97.8 cm³/mol. The first-order valence-electron chi connectivity index (χ1n) is 7.70. The van der Waals surface area contributed by atoms with Gasteiger partial charge in [-0.05, 0) is 57.7 Å². The van der Waals surface area contributed by atoms with Crippen molar-refractivity contribution in [3.05, 3.63) is 39.4 Å². The largest absolute Gasteiger partial charge is 0.492 e. The van der Waals surface area contributed by atoms with E-state index < -0.39 is 0 Å². The summed E-state index contributed by atoms with van der Waals surface area (Å²) in [6, 6.07) is 3.65. The normalized spacial score (nSPS) is 14.2. The molecule has 2 rings (SSSR count). The van der Waals surface area contributed by atoms with Gasteiger partial charge in [0, 0.05) is 17.1 Å². The number of halogens is 3. The van der Waals surface area contributed by atoms with E-state index in [4.69, 9.17) is 27.9 Å². The monoisotopic (exact) mass is 363 g/mol. The Balaban J connectivity index is 0.00000242. The van der Waals surface area contributed by atoms with Crippen molar-refractivity contribution >= 4 is 35.6 Å². The van der Waals surface area contributed by atoms with Gasteiger partial charge in [0.25, 0.3) is 0 Å². The molecule has 0 aliphatic heterocycles. The molecule has 1 aromatic rings. The fourth-order valence-electron chi connectivity index (χ4n) is 2.65. The molecule has 0 saturated carbocycles. The summed E-state index contributed by atoms with van der Waals surface area (Å²) in [6.07, 6.45) is 8.70. The molecule has 0 fully saturated rings. The fourth-order valence-corrected chi connectivity index (χ4v) is 3.24. The Kier molecular flexibility index (Phi) is 9.27. The second-order valence-electron chi connectivity index (χ2n) is 5.34. The molecule has 1 aromatic carbocycles. The van der Waals surface area contributed by atoms with Gasteiger partial charge in [0.2, 0.25) is 0 Å². The van der Waals surface area contributed by atoms with Gasteiger partial charge in [-0.25, -0.2) is 0 Å². The minimum absolute atomic E-state index is 0. The number of hydrogen-bond donors (Lipinski definition) is 1. The Morgan fingerprint density at radius 3 is 2.73 bits per heavy atom. The highest BCUT2D eigenvalue weighted by atomic mass is 35.5. The van der Waals surface area contributed by atoms with Crippen LogP contribution >= 0.6 is 35.6 Å². The van der Waals surface area contributed by atoms with E-state index in [0.717, 1.165) is 30.8 Å². The molecule has 1 N–H and O–H groups in total. The van der Waals surface area contributed by atoms with Gasteiger partial charge in [-0.15, -0.1) is 12.4 Å². The summed E-state index contributed by atoms with van der Waals surface area (Å²) in [5, 5.41) is 4.69. The number of hydrogen-bond acceptors (Lipinski definition) is 2. The van der Waals surface area contributed by atoms with Crippen LogP contribution in [0.25, 0.3) is 0 Å². The minimum atomic E-state index is 0. The average Bonchev–Trinajstić information content (AvgIpc) is 2.48. The summed E-state index contributed by atoms with van der Waals surface area (Å²) in [6.45, 7) is 4.25. The average molecular weight is 365 g/mol. The molecule has 0 spiro atoms. The Labute approximate surface area is 149 Å². The zero-order valence-electron chi connectivity index (χ0n) is 13.0. The molecular weight excluding hydrogens is 341 g/mol. The van der Waals surface area contributed by atoms with E-state index in [1.165, 1.54) is 25.7 Å². The third-order valence-electron chi connectivity index (χ3n) is 3.70. The van der Waals surface area contributed by atoms with Crippen molar-refractivity contribution in [1.29, 1.82) is 0 Å². The van der Waals surface area contributed by atoms with Crippen molar-refractivity contribution in [2.45, 2.75) is 45.6 Å². The summed E-state index contributed by atoms with van der Waals surface area (Å²) in [4.78, 5) is 0. The number of ether oxygens (including phenoxy) is 1. The molecule has 124 valence electrons. The van der Waals surface area contributed by atoms with Gasteiger partial charge in [0.1, 0.15) is 5.75 Å². The number of rotatable bonds is 7. The van der Waals surface area contributed by atoms with Crippen molar-refractivity contribution in [1.82, 2.24) is 5.32 Å². The highest BCUT2D eigenvalue weighted by molar-refractivity contribution is 6.35. The van der Waals surface area contributed by atoms with Crippen molar-refractivity contribution in [2.24, 2.45) is 0 Å². The zero-order chi connectivity index (χ0) is 15.1. The molecule has 0 unspecified atom stereocenters. The number of benzene rings is 1. The molecular formula is C17H24Cl3NO. The minimum Gasteiger partial charge on any atom is -0.492 e. The molecule has 0 aromatic heterocycles. The van der Waals surface area contributed by atoms with Crippen molar-refractivity contribution < 1.29 is 4.74 Å². The summed E-state index contributed by atoms with van der Waals surface area (Å²) in [7, 11) is 0. The van der Waals surface area contributed by atoms with E-state index in [1.807, 2.05) is 13.0 Å². The molecule has 2 nitrogen and oxygen atoms in total. The maximum Gasteiger partial charge on any atom is 0.142 e. The fraction of sp³-hybridized carbons (Fsp3) is 0.529. The van der Waals surface area contributed by atoms with Crippen LogP contribution in [0.5, 0.6) is 5.75 Å². The van der Waals surface area contributed by atoms with E-state index in [9.17, 15) is 0 Å². The van der Waals surface area contributed by atoms with E-state index in [2.05, 4.69) is 11.4 Å². The molecule has 22 heavy (non-hydrogen) atoms. The van der Waals surface area contributed by atoms with Gasteiger partial charge in [-0.1, -0.05) is 34.9 Å². The standard InChI is InChI=1S/C17H23Cl2NO.ClH/c1-2-21-17-14(10-15(18)11-16(17)19)12-20-9-8-13-6-4-3-5-7-13;/h6,10-11,20H,2-5,7-9,12H2,1H3;1H. The maximum atomic E-state index is 6.20. The maximum absolute atomic E-state index is 6.20. The topological polar surface area (TPSA) is 21.3 Å². The Hall–Kier alpha value is -0.410. The number of allylic oxidation sites excluding steroid dienone is 1. The molecule has 0 heterocycles. The summed E-state index contributed by atoms with van der Waals surface area (Å²) < 4.78 is 5.63. The lowest BCUT2D eigenvalue weighted by atomic mass is 9.97. The third kappa shape index (κ3) is 6.00.